The van der Waals surface area contributed by atoms with Gasteiger partial charge in [-0.15, -0.1) is 0 Å². The number of aliphatic carboxylic acids is 1. The Hall–Kier alpha value is -2.15. The van der Waals surface area contributed by atoms with Crippen molar-refractivity contribution >= 4 is 17.7 Å². The standard InChI is InChI=1S/C12H15FN2O4/c1-7-2-3-8(13)9(6-7)15-12(19)14-5-4-10(16)11(17)18/h2-3,6,10,16H,4-5H2,1H3,(H,17,18)(H2,14,15,19)/t10-/m0/s1. The molecule has 104 valence electrons. The molecule has 2 amide bonds. The number of aryl methyl sites for hydroxylation is 1. The molecule has 1 aromatic rings. The van der Waals surface area contributed by atoms with Crippen molar-refractivity contribution in [1.82, 2.24) is 5.32 Å². The van der Waals surface area contributed by atoms with E-state index in [1.54, 1.807) is 13.0 Å². The number of hydrogen-bond donors (Lipinski definition) is 4. The summed E-state index contributed by atoms with van der Waals surface area (Å²) in [5.74, 6) is -1.92. The summed E-state index contributed by atoms with van der Waals surface area (Å²) < 4.78 is 13.3. The third kappa shape index (κ3) is 4.92. The van der Waals surface area contributed by atoms with E-state index in [1.165, 1.54) is 12.1 Å². The number of benzene rings is 1. The molecule has 0 aliphatic carbocycles. The number of rotatable bonds is 5. The van der Waals surface area contributed by atoms with Crippen molar-refractivity contribution in [3.8, 4) is 0 Å². The quantitative estimate of drug-likeness (QED) is 0.643. The van der Waals surface area contributed by atoms with Crippen molar-refractivity contribution in [3.63, 3.8) is 0 Å². The minimum Gasteiger partial charge on any atom is -0.479 e. The van der Waals surface area contributed by atoms with Gasteiger partial charge in [0.2, 0.25) is 0 Å². The van der Waals surface area contributed by atoms with Gasteiger partial charge in [0.1, 0.15) is 5.82 Å². The van der Waals surface area contributed by atoms with E-state index in [0.29, 0.717) is 0 Å². The maximum Gasteiger partial charge on any atom is 0.332 e. The average molecular weight is 270 g/mol. The second-order valence-corrected chi connectivity index (χ2v) is 4.01. The number of hydrogen-bond acceptors (Lipinski definition) is 3. The van der Waals surface area contributed by atoms with E-state index in [2.05, 4.69) is 10.6 Å². The fraction of sp³-hybridized carbons (Fsp3) is 0.333. The number of nitrogens with one attached hydrogen (secondary N) is 2. The molecule has 0 heterocycles. The molecule has 0 saturated heterocycles. The van der Waals surface area contributed by atoms with Gasteiger partial charge in [-0.05, 0) is 24.6 Å². The third-order valence-electron chi connectivity index (χ3n) is 2.36. The smallest absolute Gasteiger partial charge is 0.332 e. The Labute approximate surface area is 109 Å². The van der Waals surface area contributed by atoms with Gasteiger partial charge in [-0.25, -0.2) is 14.0 Å². The fourth-order valence-corrected chi connectivity index (χ4v) is 1.35. The Morgan fingerprint density at radius 2 is 2.11 bits per heavy atom. The molecule has 0 saturated carbocycles. The minimum atomic E-state index is -1.53. The van der Waals surface area contributed by atoms with Crippen LogP contribution in [0.15, 0.2) is 18.2 Å². The van der Waals surface area contributed by atoms with Crippen LogP contribution >= 0.6 is 0 Å². The molecule has 19 heavy (non-hydrogen) atoms. The number of carboxylic acids is 1. The summed E-state index contributed by atoms with van der Waals surface area (Å²) in [4.78, 5) is 21.7. The minimum absolute atomic E-state index is 0.0350. The molecule has 0 aliphatic rings. The highest BCUT2D eigenvalue weighted by atomic mass is 19.1. The van der Waals surface area contributed by atoms with Gasteiger partial charge in [0.15, 0.2) is 6.10 Å². The van der Waals surface area contributed by atoms with E-state index in [9.17, 15) is 14.0 Å². The number of amides is 2. The van der Waals surface area contributed by atoms with Crippen LogP contribution in [0.4, 0.5) is 14.9 Å². The Morgan fingerprint density at radius 3 is 2.74 bits per heavy atom. The van der Waals surface area contributed by atoms with Crippen LogP contribution in [-0.4, -0.2) is 34.9 Å². The summed E-state index contributed by atoms with van der Waals surface area (Å²) >= 11 is 0. The second kappa shape index (κ2) is 6.69. The van der Waals surface area contributed by atoms with Crippen molar-refractivity contribution < 1.29 is 24.2 Å². The Balaban J connectivity index is 2.43. The molecule has 0 fully saturated rings. The topological polar surface area (TPSA) is 98.7 Å². The van der Waals surface area contributed by atoms with Crippen LogP contribution in [0.1, 0.15) is 12.0 Å². The maximum atomic E-state index is 13.3. The number of aliphatic hydroxyl groups excluding tert-OH is 1. The highest BCUT2D eigenvalue weighted by Crippen LogP contribution is 2.15. The Bertz CT molecular complexity index is 479. The molecule has 1 rings (SSSR count). The first-order chi connectivity index (χ1) is 8.90. The van der Waals surface area contributed by atoms with E-state index in [4.69, 9.17) is 10.2 Å². The molecule has 0 bridgehead atoms. The molecule has 1 aromatic carbocycles. The number of carbonyl (C=O) groups excluding carboxylic acids is 1. The van der Waals surface area contributed by atoms with E-state index in [0.717, 1.165) is 5.56 Å². The van der Waals surface area contributed by atoms with Crippen LogP contribution in [0, 0.1) is 12.7 Å². The van der Waals surface area contributed by atoms with Crippen LogP contribution < -0.4 is 10.6 Å². The SMILES string of the molecule is Cc1ccc(F)c(NC(=O)NCC[C@H](O)C(=O)O)c1. The summed E-state index contributed by atoms with van der Waals surface area (Å²) in [6.07, 6.45) is -1.66. The van der Waals surface area contributed by atoms with Crippen molar-refractivity contribution in [2.75, 3.05) is 11.9 Å². The summed E-state index contributed by atoms with van der Waals surface area (Å²) in [6, 6.07) is 3.61. The molecule has 0 radical (unpaired) electrons. The maximum absolute atomic E-state index is 13.3. The predicted molar refractivity (Wildman–Crippen MR) is 66.4 cm³/mol. The highest BCUT2D eigenvalue weighted by molar-refractivity contribution is 5.89. The van der Waals surface area contributed by atoms with Gasteiger partial charge < -0.3 is 20.8 Å². The van der Waals surface area contributed by atoms with E-state index < -0.39 is 23.9 Å². The lowest BCUT2D eigenvalue weighted by atomic mass is 10.2. The van der Waals surface area contributed by atoms with E-state index in [1.807, 2.05) is 0 Å². The lowest BCUT2D eigenvalue weighted by molar-refractivity contribution is -0.146. The van der Waals surface area contributed by atoms with Crippen LogP contribution in [0.2, 0.25) is 0 Å². The van der Waals surface area contributed by atoms with Crippen LogP contribution in [-0.2, 0) is 4.79 Å². The molecule has 0 spiro atoms. The first-order valence-corrected chi connectivity index (χ1v) is 5.62. The van der Waals surface area contributed by atoms with Gasteiger partial charge in [0.25, 0.3) is 0 Å². The lowest BCUT2D eigenvalue weighted by Gasteiger charge is -2.10. The molecule has 0 aromatic heterocycles. The van der Waals surface area contributed by atoms with E-state index >= 15 is 0 Å². The van der Waals surface area contributed by atoms with Gasteiger partial charge in [0, 0.05) is 13.0 Å². The molecule has 1 atom stereocenters. The monoisotopic (exact) mass is 270 g/mol. The first kappa shape index (κ1) is 14.9. The van der Waals surface area contributed by atoms with Gasteiger partial charge >= 0.3 is 12.0 Å². The number of anilines is 1. The largest absolute Gasteiger partial charge is 0.479 e. The summed E-state index contributed by atoms with van der Waals surface area (Å²) in [5, 5.41) is 22.0. The molecular weight excluding hydrogens is 255 g/mol. The van der Waals surface area contributed by atoms with Crippen molar-refractivity contribution in [2.45, 2.75) is 19.4 Å². The number of aliphatic hydroxyl groups is 1. The van der Waals surface area contributed by atoms with Gasteiger partial charge in [-0.3, -0.25) is 0 Å². The normalized spacial score (nSPS) is 11.7. The predicted octanol–water partition coefficient (Wildman–Crippen LogP) is 1.09. The van der Waals surface area contributed by atoms with Crippen molar-refractivity contribution in [3.05, 3.63) is 29.6 Å². The zero-order valence-corrected chi connectivity index (χ0v) is 10.3. The second-order valence-electron chi connectivity index (χ2n) is 4.01. The molecule has 0 aliphatic heterocycles. The van der Waals surface area contributed by atoms with Crippen molar-refractivity contribution in [2.24, 2.45) is 0 Å². The number of carboxylic acid groups (broad SMARTS) is 1. The Kier molecular flexibility index (Phi) is 5.25. The first-order valence-electron chi connectivity index (χ1n) is 5.62. The fourth-order valence-electron chi connectivity index (χ4n) is 1.35. The van der Waals surface area contributed by atoms with E-state index in [-0.39, 0.29) is 18.7 Å². The van der Waals surface area contributed by atoms with Crippen LogP contribution in [0.3, 0.4) is 0 Å². The van der Waals surface area contributed by atoms with Crippen molar-refractivity contribution in [1.29, 1.82) is 0 Å². The van der Waals surface area contributed by atoms with Gasteiger partial charge in [0.05, 0.1) is 5.69 Å². The summed E-state index contributed by atoms with van der Waals surface area (Å²) in [7, 11) is 0. The summed E-state index contributed by atoms with van der Waals surface area (Å²) in [5.41, 5.74) is 0.828. The van der Waals surface area contributed by atoms with Crippen LogP contribution in [0.25, 0.3) is 0 Å². The number of halogens is 1. The Morgan fingerprint density at radius 1 is 1.42 bits per heavy atom. The van der Waals surface area contributed by atoms with Crippen LogP contribution in [0.5, 0.6) is 0 Å². The molecule has 6 nitrogen and oxygen atoms in total. The molecular formula is C12H15FN2O4. The van der Waals surface area contributed by atoms with Gasteiger partial charge in [-0.1, -0.05) is 6.07 Å². The number of carbonyl (C=O) groups is 2. The molecule has 7 heteroatoms. The third-order valence-corrected chi connectivity index (χ3v) is 2.36. The molecule has 4 N–H and O–H groups in total. The zero-order chi connectivity index (χ0) is 14.4. The highest BCUT2D eigenvalue weighted by Gasteiger charge is 2.13. The average Bonchev–Trinajstić information content (AvgIpc) is 2.33. The summed E-state index contributed by atoms with van der Waals surface area (Å²) in [6.45, 7) is 1.72. The molecule has 0 unspecified atom stereocenters. The lowest BCUT2D eigenvalue weighted by Crippen LogP contribution is -2.33. The number of urea groups is 1. The van der Waals surface area contributed by atoms with Gasteiger partial charge in [-0.2, -0.15) is 0 Å². The zero-order valence-electron chi connectivity index (χ0n) is 10.3.